The molecule has 1 N–H and O–H groups in total. The Morgan fingerprint density at radius 3 is 2.52 bits per heavy atom. The van der Waals surface area contributed by atoms with E-state index in [1.807, 2.05) is 7.11 Å². The van der Waals surface area contributed by atoms with E-state index in [9.17, 15) is 0 Å². The molecule has 1 aliphatic heterocycles. The van der Waals surface area contributed by atoms with Crippen LogP contribution in [0, 0.1) is 17.3 Å². The number of hydrogen-bond acceptors (Lipinski definition) is 3. The number of piperidine rings is 1. The third kappa shape index (κ3) is 4.67. The summed E-state index contributed by atoms with van der Waals surface area (Å²) in [6.45, 7) is 12.9. The molecule has 124 valence electrons. The molecule has 3 heteroatoms. The lowest BCUT2D eigenvalue weighted by Crippen LogP contribution is -2.51. The van der Waals surface area contributed by atoms with Crippen molar-refractivity contribution < 1.29 is 4.74 Å². The van der Waals surface area contributed by atoms with E-state index in [0.29, 0.717) is 17.4 Å². The Bertz CT molecular complexity index is 294. The number of methoxy groups -OCH3 is 1. The van der Waals surface area contributed by atoms with Crippen LogP contribution in [-0.4, -0.2) is 50.8 Å². The predicted octanol–water partition coefficient (Wildman–Crippen LogP) is 3.15. The number of nitrogens with one attached hydrogen (secondary N) is 1. The number of hydrogen-bond donors (Lipinski definition) is 1. The molecule has 0 amide bonds. The average molecular weight is 296 g/mol. The van der Waals surface area contributed by atoms with Crippen molar-refractivity contribution in [3.63, 3.8) is 0 Å². The van der Waals surface area contributed by atoms with E-state index in [4.69, 9.17) is 4.74 Å². The van der Waals surface area contributed by atoms with E-state index in [0.717, 1.165) is 19.0 Å². The molecular weight excluding hydrogens is 260 g/mol. The minimum absolute atomic E-state index is 0.428. The smallest absolute Gasteiger partial charge is 0.0724 e. The fourth-order valence-electron chi connectivity index (χ4n) is 4.18. The summed E-state index contributed by atoms with van der Waals surface area (Å²) in [5, 5.41) is 3.64. The van der Waals surface area contributed by atoms with Gasteiger partial charge in [0.05, 0.1) is 6.10 Å². The van der Waals surface area contributed by atoms with Crippen molar-refractivity contribution in [2.24, 2.45) is 17.3 Å². The van der Waals surface area contributed by atoms with Crippen LogP contribution in [0.1, 0.15) is 52.9 Å². The van der Waals surface area contributed by atoms with Gasteiger partial charge in [-0.3, -0.25) is 0 Å². The van der Waals surface area contributed by atoms with Crippen LogP contribution in [0.3, 0.4) is 0 Å². The van der Waals surface area contributed by atoms with E-state index in [-0.39, 0.29) is 0 Å². The summed E-state index contributed by atoms with van der Waals surface area (Å²) in [5.41, 5.74) is 0.501. The van der Waals surface area contributed by atoms with Crippen molar-refractivity contribution in [2.75, 3.05) is 39.8 Å². The van der Waals surface area contributed by atoms with Crippen molar-refractivity contribution in [2.45, 2.75) is 59.0 Å². The van der Waals surface area contributed by atoms with Gasteiger partial charge >= 0.3 is 0 Å². The topological polar surface area (TPSA) is 24.5 Å². The van der Waals surface area contributed by atoms with Crippen LogP contribution in [0.15, 0.2) is 0 Å². The molecule has 21 heavy (non-hydrogen) atoms. The van der Waals surface area contributed by atoms with E-state index in [1.54, 1.807) is 0 Å². The maximum Gasteiger partial charge on any atom is 0.0724 e. The van der Waals surface area contributed by atoms with E-state index in [2.05, 4.69) is 31.0 Å². The first-order valence-electron chi connectivity index (χ1n) is 9.04. The molecule has 2 rings (SSSR count). The zero-order valence-corrected chi connectivity index (χ0v) is 14.7. The Morgan fingerprint density at radius 1 is 1.19 bits per heavy atom. The Morgan fingerprint density at radius 2 is 1.90 bits per heavy atom. The molecule has 0 aromatic rings. The third-order valence-electron chi connectivity index (χ3n) is 5.92. The Kier molecular flexibility index (Phi) is 6.51. The summed E-state index contributed by atoms with van der Waals surface area (Å²) in [4.78, 5) is 2.68. The Labute approximate surface area is 131 Å². The van der Waals surface area contributed by atoms with Crippen LogP contribution < -0.4 is 5.32 Å². The van der Waals surface area contributed by atoms with Crippen molar-refractivity contribution in [3.05, 3.63) is 0 Å². The molecule has 1 saturated carbocycles. The number of nitrogens with zero attached hydrogens (tertiary/aromatic N) is 1. The van der Waals surface area contributed by atoms with Gasteiger partial charge in [-0.1, -0.05) is 33.6 Å². The fraction of sp³-hybridized carbons (Fsp3) is 1.00. The van der Waals surface area contributed by atoms with Gasteiger partial charge in [0.25, 0.3) is 0 Å². The lowest BCUT2D eigenvalue weighted by molar-refractivity contribution is -0.0244. The molecule has 2 fully saturated rings. The van der Waals surface area contributed by atoms with Gasteiger partial charge in [-0.25, -0.2) is 0 Å². The summed E-state index contributed by atoms with van der Waals surface area (Å²) in [5.74, 6) is 1.63. The quantitative estimate of drug-likeness (QED) is 0.815. The lowest BCUT2D eigenvalue weighted by Gasteiger charge is -2.45. The summed E-state index contributed by atoms with van der Waals surface area (Å²) >= 11 is 0. The van der Waals surface area contributed by atoms with Crippen LogP contribution >= 0.6 is 0 Å². The zero-order valence-electron chi connectivity index (χ0n) is 14.7. The highest BCUT2D eigenvalue weighted by Gasteiger charge is 2.37. The molecular formula is C18H36N2O. The fourth-order valence-corrected chi connectivity index (χ4v) is 4.18. The average Bonchev–Trinajstić information content (AvgIpc) is 2.50. The second-order valence-corrected chi connectivity index (χ2v) is 7.74. The van der Waals surface area contributed by atoms with Gasteiger partial charge in [-0.2, -0.15) is 0 Å². The largest absolute Gasteiger partial charge is 0.380 e. The molecule has 0 aromatic heterocycles. The molecule has 2 atom stereocenters. The van der Waals surface area contributed by atoms with Crippen LogP contribution in [0.25, 0.3) is 0 Å². The standard InChI is InChI=1S/C18H36N2O/c1-5-19-13-18(9-6-15(2)7-10-18)14-20-11-8-16(3)17(12-20)21-4/h15-17,19H,5-14H2,1-4H3. The molecule has 1 heterocycles. The third-order valence-corrected chi connectivity index (χ3v) is 5.92. The maximum atomic E-state index is 5.70. The van der Waals surface area contributed by atoms with Crippen LogP contribution in [0.2, 0.25) is 0 Å². The molecule has 0 radical (unpaired) electrons. The summed E-state index contributed by atoms with van der Waals surface area (Å²) in [6, 6.07) is 0. The number of rotatable bonds is 6. The van der Waals surface area contributed by atoms with Gasteiger partial charge < -0.3 is 15.0 Å². The second-order valence-electron chi connectivity index (χ2n) is 7.74. The first-order valence-corrected chi connectivity index (χ1v) is 9.04. The summed E-state index contributed by atoms with van der Waals surface area (Å²) < 4.78 is 5.70. The van der Waals surface area contributed by atoms with Gasteiger partial charge in [0.15, 0.2) is 0 Å². The molecule has 0 bridgehead atoms. The molecule has 2 aliphatic rings. The predicted molar refractivity (Wildman–Crippen MR) is 89.6 cm³/mol. The molecule has 0 aromatic carbocycles. The molecule has 1 aliphatic carbocycles. The van der Waals surface area contributed by atoms with E-state index in [1.165, 1.54) is 51.7 Å². The minimum Gasteiger partial charge on any atom is -0.380 e. The number of likely N-dealkylation sites (tertiary alicyclic amines) is 1. The van der Waals surface area contributed by atoms with E-state index >= 15 is 0 Å². The molecule has 2 unspecified atom stereocenters. The normalized spacial score (nSPS) is 38.6. The summed E-state index contributed by atoms with van der Waals surface area (Å²) in [6.07, 6.45) is 7.31. The molecule has 0 spiro atoms. The lowest BCUT2D eigenvalue weighted by atomic mass is 9.70. The molecule has 1 saturated heterocycles. The first-order chi connectivity index (χ1) is 10.1. The van der Waals surface area contributed by atoms with Gasteiger partial charge in [-0.15, -0.1) is 0 Å². The van der Waals surface area contributed by atoms with Crippen molar-refractivity contribution in [3.8, 4) is 0 Å². The van der Waals surface area contributed by atoms with Gasteiger partial charge in [0.2, 0.25) is 0 Å². The monoisotopic (exact) mass is 296 g/mol. The van der Waals surface area contributed by atoms with Crippen LogP contribution in [-0.2, 0) is 4.74 Å². The zero-order chi connectivity index (χ0) is 15.3. The van der Waals surface area contributed by atoms with E-state index < -0.39 is 0 Å². The van der Waals surface area contributed by atoms with Gasteiger partial charge in [0.1, 0.15) is 0 Å². The van der Waals surface area contributed by atoms with Crippen molar-refractivity contribution >= 4 is 0 Å². The van der Waals surface area contributed by atoms with Crippen LogP contribution in [0.4, 0.5) is 0 Å². The highest BCUT2D eigenvalue weighted by molar-refractivity contribution is 4.91. The van der Waals surface area contributed by atoms with Crippen molar-refractivity contribution in [1.82, 2.24) is 10.2 Å². The SMILES string of the molecule is CCNCC1(CN2CCC(C)C(OC)C2)CCC(C)CC1. The van der Waals surface area contributed by atoms with Gasteiger partial charge in [-0.05, 0) is 49.6 Å². The highest BCUT2D eigenvalue weighted by atomic mass is 16.5. The van der Waals surface area contributed by atoms with Gasteiger partial charge in [0, 0.05) is 26.7 Å². The first kappa shape index (κ1) is 17.2. The molecule has 3 nitrogen and oxygen atoms in total. The maximum absolute atomic E-state index is 5.70. The van der Waals surface area contributed by atoms with Crippen molar-refractivity contribution in [1.29, 1.82) is 0 Å². The second kappa shape index (κ2) is 7.94. The van der Waals surface area contributed by atoms with Crippen LogP contribution in [0.5, 0.6) is 0 Å². The Hall–Kier alpha value is -0.120. The minimum atomic E-state index is 0.428. The highest BCUT2D eigenvalue weighted by Crippen LogP contribution is 2.39. The number of ether oxygens (including phenoxy) is 1. The Balaban J connectivity index is 1.95. The summed E-state index contributed by atoms with van der Waals surface area (Å²) in [7, 11) is 1.88.